The van der Waals surface area contributed by atoms with Gasteiger partial charge < -0.3 is 15.5 Å². The summed E-state index contributed by atoms with van der Waals surface area (Å²) in [6.07, 6.45) is 1.50. The molecule has 0 atom stereocenters. The lowest BCUT2D eigenvalue weighted by Gasteiger charge is -2.05. The summed E-state index contributed by atoms with van der Waals surface area (Å²) in [6.45, 7) is 2.21. The molecule has 4 nitrogen and oxygen atoms in total. The monoisotopic (exact) mass is 230 g/mol. The first-order valence-electron chi connectivity index (χ1n) is 5.33. The van der Waals surface area contributed by atoms with Crippen molar-refractivity contribution in [2.24, 2.45) is 0 Å². The summed E-state index contributed by atoms with van der Waals surface area (Å²) < 4.78 is 5.08. The molecular weight excluding hydrogens is 216 g/mol. The molecule has 2 aromatic rings. The first-order valence-corrected chi connectivity index (χ1v) is 5.33. The van der Waals surface area contributed by atoms with E-state index in [0.717, 1.165) is 5.56 Å². The van der Waals surface area contributed by atoms with Crippen LogP contribution >= 0.6 is 0 Å². The first kappa shape index (κ1) is 11.3. The first-order chi connectivity index (χ1) is 8.16. The van der Waals surface area contributed by atoms with Crippen molar-refractivity contribution in [3.05, 3.63) is 53.5 Å². The number of carbonyl (C=O) groups excluding carboxylic acids is 1. The zero-order valence-corrected chi connectivity index (χ0v) is 9.57. The molecule has 0 bridgehead atoms. The van der Waals surface area contributed by atoms with Crippen LogP contribution in [0.1, 0.15) is 21.7 Å². The minimum Gasteiger partial charge on any atom is -0.469 e. The van der Waals surface area contributed by atoms with Crippen molar-refractivity contribution in [2.75, 3.05) is 5.73 Å². The second-order valence-electron chi connectivity index (χ2n) is 3.82. The van der Waals surface area contributed by atoms with Crippen molar-refractivity contribution in [3.63, 3.8) is 0 Å². The van der Waals surface area contributed by atoms with Crippen LogP contribution in [0.4, 0.5) is 5.69 Å². The molecule has 0 fully saturated rings. The van der Waals surface area contributed by atoms with Crippen molar-refractivity contribution < 1.29 is 9.21 Å². The topological polar surface area (TPSA) is 68.3 Å². The molecule has 2 rings (SSSR count). The highest BCUT2D eigenvalue weighted by molar-refractivity contribution is 5.94. The van der Waals surface area contributed by atoms with Gasteiger partial charge in [-0.2, -0.15) is 0 Å². The Balaban J connectivity index is 1.99. The van der Waals surface area contributed by atoms with Gasteiger partial charge in [0.2, 0.25) is 0 Å². The van der Waals surface area contributed by atoms with Gasteiger partial charge in [-0.25, -0.2) is 0 Å². The van der Waals surface area contributed by atoms with Gasteiger partial charge in [0, 0.05) is 12.2 Å². The Bertz CT molecular complexity index is 532. The quantitative estimate of drug-likeness (QED) is 0.793. The molecule has 1 aromatic carbocycles. The minimum absolute atomic E-state index is 0.140. The third-order valence-electron chi connectivity index (χ3n) is 2.51. The van der Waals surface area contributed by atoms with E-state index in [9.17, 15) is 4.79 Å². The Morgan fingerprint density at radius 2 is 2.24 bits per heavy atom. The van der Waals surface area contributed by atoms with E-state index in [-0.39, 0.29) is 5.91 Å². The SMILES string of the molecule is Cc1occc1C(=O)NCc1cccc(N)c1. The summed E-state index contributed by atoms with van der Waals surface area (Å²) in [5.74, 6) is 0.480. The maximum absolute atomic E-state index is 11.8. The molecule has 3 N–H and O–H groups in total. The predicted molar refractivity (Wildman–Crippen MR) is 65.5 cm³/mol. The molecule has 0 unspecified atom stereocenters. The number of nitrogen functional groups attached to an aromatic ring is 1. The smallest absolute Gasteiger partial charge is 0.255 e. The highest BCUT2D eigenvalue weighted by atomic mass is 16.3. The van der Waals surface area contributed by atoms with E-state index in [1.807, 2.05) is 24.3 Å². The number of aryl methyl sites for hydroxylation is 1. The van der Waals surface area contributed by atoms with Crippen LogP contribution in [0.2, 0.25) is 0 Å². The minimum atomic E-state index is -0.140. The fourth-order valence-electron chi connectivity index (χ4n) is 1.60. The lowest BCUT2D eigenvalue weighted by atomic mass is 10.2. The lowest BCUT2D eigenvalue weighted by molar-refractivity contribution is 0.0949. The fourth-order valence-corrected chi connectivity index (χ4v) is 1.60. The molecule has 4 heteroatoms. The third-order valence-corrected chi connectivity index (χ3v) is 2.51. The van der Waals surface area contributed by atoms with Gasteiger partial charge in [0.15, 0.2) is 0 Å². The van der Waals surface area contributed by atoms with E-state index in [2.05, 4.69) is 5.32 Å². The fraction of sp³-hybridized carbons (Fsp3) is 0.154. The summed E-state index contributed by atoms with van der Waals surface area (Å²) in [5.41, 5.74) is 7.88. The summed E-state index contributed by atoms with van der Waals surface area (Å²) in [7, 11) is 0. The number of hydrogen-bond donors (Lipinski definition) is 2. The maximum atomic E-state index is 11.8. The van der Waals surface area contributed by atoms with Gasteiger partial charge in [0.05, 0.1) is 11.8 Å². The van der Waals surface area contributed by atoms with E-state index < -0.39 is 0 Å². The van der Waals surface area contributed by atoms with E-state index in [1.54, 1.807) is 13.0 Å². The van der Waals surface area contributed by atoms with Crippen molar-refractivity contribution in [2.45, 2.75) is 13.5 Å². The number of nitrogens with two attached hydrogens (primary N) is 1. The number of amides is 1. The molecule has 17 heavy (non-hydrogen) atoms. The summed E-state index contributed by atoms with van der Waals surface area (Å²) >= 11 is 0. The zero-order chi connectivity index (χ0) is 12.3. The molecule has 0 radical (unpaired) electrons. The standard InChI is InChI=1S/C13H14N2O2/c1-9-12(5-6-17-9)13(16)15-8-10-3-2-4-11(14)7-10/h2-7H,8,14H2,1H3,(H,15,16). The van der Waals surface area contributed by atoms with Gasteiger partial charge in [-0.1, -0.05) is 12.1 Å². The van der Waals surface area contributed by atoms with Crippen LogP contribution in [0.3, 0.4) is 0 Å². The molecule has 88 valence electrons. The highest BCUT2D eigenvalue weighted by Gasteiger charge is 2.10. The summed E-state index contributed by atoms with van der Waals surface area (Å²) in [6, 6.07) is 9.08. The van der Waals surface area contributed by atoms with Crippen molar-refractivity contribution in [3.8, 4) is 0 Å². The van der Waals surface area contributed by atoms with E-state index in [0.29, 0.717) is 23.6 Å². The van der Waals surface area contributed by atoms with Gasteiger partial charge in [0.1, 0.15) is 5.76 Å². The van der Waals surface area contributed by atoms with Crippen molar-refractivity contribution in [1.82, 2.24) is 5.32 Å². The number of carbonyl (C=O) groups is 1. The molecule has 0 aliphatic carbocycles. The Kier molecular flexibility index (Phi) is 3.14. The largest absolute Gasteiger partial charge is 0.469 e. The van der Waals surface area contributed by atoms with Crippen LogP contribution in [0.25, 0.3) is 0 Å². The Morgan fingerprint density at radius 3 is 2.88 bits per heavy atom. The van der Waals surface area contributed by atoms with Crippen molar-refractivity contribution >= 4 is 11.6 Å². The average Bonchev–Trinajstić information content (AvgIpc) is 2.72. The second-order valence-corrected chi connectivity index (χ2v) is 3.82. The van der Waals surface area contributed by atoms with Crippen LogP contribution in [0.5, 0.6) is 0 Å². The number of furan rings is 1. The summed E-state index contributed by atoms with van der Waals surface area (Å²) in [4.78, 5) is 11.8. The van der Waals surface area contributed by atoms with Crippen LogP contribution in [-0.4, -0.2) is 5.91 Å². The Hall–Kier alpha value is -2.23. The molecular formula is C13H14N2O2. The Morgan fingerprint density at radius 1 is 1.41 bits per heavy atom. The number of hydrogen-bond acceptors (Lipinski definition) is 3. The van der Waals surface area contributed by atoms with Gasteiger partial charge in [-0.15, -0.1) is 0 Å². The molecule has 0 spiro atoms. The Labute approximate surface area is 99.4 Å². The predicted octanol–water partition coefficient (Wildman–Crippen LogP) is 2.10. The average molecular weight is 230 g/mol. The normalized spacial score (nSPS) is 10.2. The van der Waals surface area contributed by atoms with Crippen LogP contribution in [0, 0.1) is 6.92 Å². The van der Waals surface area contributed by atoms with E-state index in [1.165, 1.54) is 6.26 Å². The number of benzene rings is 1. The van der Waals surface area contributed by atoms with Crippen molar-refractivity contribution in [1.29, 1.82) is 0 Å². The van der Waals surface area contributed by atoms with Gasteiger partial charge in [-0.3, -0.25) is 4.79 Å². The molecule has 0 aliphatic heterocycles. The molecule has 1 amide bonds. The molecule has 1 aromatic heterocycles. The number of nitrogens with one attached hydrogen (secondary N) is 1. The van der Waals surface area contributed by atoms with Gasteiger partial charge in [-0.05, 0) is 30.7 Å². The molecule has 0 saturated carbocycles. The second kappa shape index (κ2) is 4.74. The highest BCUT2D eigenvalue weighted by Crippen LogP contribution is 2.10. The van der Waals surface area contributed by atoms with E-state index >= 15 is 0 Å². The lowest BCUT2D eigenvalue weighted by Crippen LogP contribution is -2.22. The summed E-state index contributed by atoms with van der Waals surface area (Å²) in [5, 5.41) is 2.81. The van der Waals surface area contributed by atoms with Gasteiger partial charge >= 0.3 is 0 Å². The molecule has 1 heterocycles. The number of anilines is 1. The van der Waals surface area contributed by atoms with Crippen LogP contribution < -0.4 is 11.1 Å². The number of rotatable bonds is 3. The van der Waals surface area contributed by atoms with E-state index in [4.69, 9.17) is 10.2 Å². The third kappa shape index (κ3) is 2.66. The maximum Gasteiger partial charge on any atom is 0.255 e. The zero-order valence-electron chi connectivity index (χ0n) is 9.57. The molecule has 0 aliphatic rings. The van der Waals surface area contributed by atoms with Crippen LogP contribution in [-0.2, 0) is 6.54 Å². The van der Waals surface area contributed by atoms with Gasteiger partial charge in [0.25, 0.3) is 5.91 Å². The van der Waals surface area contributed by atoms with Crippen LogP contribution in [0.15, 0.2) is 41.0 Å². The molecule has 0 saturated heterocycles.